The van der Waals surface area contributed by atoms with Crippen molar-refractivity contribution in [2.75, 3.05) is 19.3 Å². The van der Waals surface area contributed by atoms with Gasteiger partial charge in [-0.25, -0.2) is 4.79 Å². The molecule has 0 aromatic rings. The van der Waals surface area contributed by atoms with Gasteiger partial charge in [0.1, 0.15) is 0 Å². The van der Waals surface area contributed by atoms with E-state index in [1.165, 1.54) is 0 Å². The molecule has 1 saturated heterocycles. The highest BCUT2D eigenvalue weighted by molar-refractivity contribution is 8.00. The molecule has 21 heavy (non-hydrogen) atoms. The van der Waals surface area contributed by atoms with Crippen LogP contribution in [0.25, 0.3) is 0 Å². The van der Waals surface area contributed by atoms with Crippen molar-refractivity contribution in [3.63, 3.8) is 0 Å². The highest BCUT2D eigenvalue weighted by Crippen LogP contribution is 2.30. The number of carboxylic acids is 1. The predicted molar refractivity (Wildman–Crippen MR) is 86.8 cm³/mol. The van der Waals surface area contributed by atoms with Gasteiger partial charge in [0.25, 0.3) is 0 Å². The number of nitrogens with one attached hydrogen (secondary N) is 1. The second-order valence-corrected chi connectivity index (χ2v) is 7.13. The summed E-state index contributed by atoms with van der Waals surface area (Å²) < 4.78 is 0.0955. The molecule has 6 heteroatoms. The van der Waals surface area contributed by atoms with Crippen molar-refractivity contribution < 1.29 is 14.7 Å². The molecule has 2 N–H and O–H groups in total. The van der Waals surface area contributed by atoms with Crippen molar-refractivity contribution in [2.24, 2.45) is 5.92 Å². The van der Waals surface area contributed by atoms with E-state index in [1.807, 2.05) is 6.92 Å². The molecule has 1 rings (SSSR count). The van der Waals surface area contributed by atoms with E-state index in [4.69, 9.17) is 5.11 Å². The monoisotopic (exact) mass is 316 g/mol. The first-order chi connectivity index (χ1) is 9.89. The van der Waals surface area contributed by atoms with Gasteiger partial charge in [0, 0.05) is 23.9 Å². The molecule has 0 saturated carbocycles. The van der Waals surface area contributed by atoms with Crippen molar-refractivity contribution in [3.8, 4) is 0 Å². The first-order valence-electron chi connectivity index (χ1n) is 7.71. The fraction of sp³-hybridized carbons (Fsp3) is 0.867. The van der Waals surface area contributed by atoms with Crippen LogP contribution in [0.5, 0.6) is 0 Å². The van der Waals surface area contributed by atoms with Gasteiger partial charge in [-0.2, -0.15) is 11.8 Å². The van der Waals surface area contributed by atoms with E-state index in [-0.39, 0.29) is 22.7 Å². The second-order valence-electron chi connectivity index (χ2n) is 5.85. The number of thioether (sulfide) groups is 1. The van der Waals surface area contributed by atoms with Crippen LogP contribution in [0.4, 0.5) is 4.79 Å². The van der Waals surface area contributed by atoms with E-state index in [2.05, 4.69) is 25.4 Å². The number of carbonyl (C=O) groups excluding carboxylic acids is 1. The lowest BCUT2D eigenvalue weighted by molar-refractivity contribution is -0.143. The fourth-order valence-electron chi connectivity index (χ4n) is 2.90. The lowest BCUT2D eigenvalue weighted by Crippen LogP contribution is -2.52. The number of hydrogen-bond acceptors (Lipinski definition) is 3. The first-order valence-corrected chi connectivity index (χ1v) is 8.94. The molecule has 122 valence electrons. The molecule has 5 nitrogen and oxygen atoms in total. The summed E-state index contributed by atoms with van der Waals surface area (Å²) >= 11 is 1.80. The summed E-state index contributed by atoms with van der Waals surface area (Å²) in [7, 11) is 0. The van der Waals surface area contributed by atoms with Crippen LogP contribution in [0.3, 0.4) is 0 Å². The summed E-state index contributed by atoms with van der Waals surface area (Å²) in [5.41, 5.74) is 0. The van der Waals surface area contributed by atoms with Crippen LogP contribution >= 0.6 is 11.8 Å². The Kier molecular flexibility index (Phi) is 6.84. The van der Waals surface area contributed by atoms with Crippen molar-refractivity contribution in [1.29, 1.82) is 0 Å². The Balaban J connectivity index is 2.55. The number of urea groups is 1. The highest BCUT2D eigenvalue weighted by atomic mass is 32.2. The molecular weight excluding hydrogens is 288 g/mol. The largest absolute Gasteiger partial charge is 0.481 e. The standard InChI is InChI=1S/C15H28N2O3S/c1-5-15(6-2,21-4)10-16-14(20)17-8-7-12(13(18)19)9-11(17)3/h11-12H,5-10H2,1-4H3,(H,16,20)(H,18,19). The topological polar surface area (TPSA) is 69.6 Å². The Labute approximate surface area is 131 Å². The number of piperidine rings is 1. The van der Waals surface area contributed by atoms with Gasteiger partial charge in [0.2, 0.25) is 0 Å². The zero-order valence-corrected chi connectivity index (χ0v) is 14.3. The average Bonchev–Trinajstić information content (AvgIpc) is 2.48. The normalized spacial score (nSPS) is 23.0. The minimum Gasteiger partial charge on any atom is -0.481 e. The average molecular weight is 316 g/mol. The Hall–Kier alpha value is -0.910. The Morgan fingerprint density at radius 1 is 1.38 bits per heavy atom. The quantitative estimate of drug-likeness (QED) is 0.790. The van der Waals surface area contributed by atoms with Crippen LogP contribution in [0.1, 0.15) is 46.5 Å². The molecule has 2 unspecified atom stereocenters. The number of carbonyl (C=O) groups is 2. The number of amides is 2. The number of hydrogen-bond donors (Lipinski definition) is 2. The maximum atomic E-state index is 12.3. The van der Waals surface area contributed by atoms with Crippen molar-refractivity contribution in [3.05, 3.63) is 0 Å². The molecule has 0 radical (unpaired) electrons. The van der Waals surface area contributed by atoms with Gasteiger partial charge >= 0.3 is 12.0 Å². The van der Waals surface area contributed by atoms with E-state index >= 15 is 0 Å². The maximum Gasteiger partial charge on any atom is 0.317 e. The lowest BCUT2D eigenvalue weighted by Gasteiger charge is -2.37. The number of rotatable bonds is 6. The van der Waals surface area contributed by atoms with Crippen LogP contribution < -0.4 is 5.32 Å². The zero-order valence-electron chi connectivity index (χ0n) is 13.5. The summed E-state index contributed by atoms with van der Waals surface area (Å²) in [6, 6.07) is -0.0848. The SMILES string of the molecule is CCC(CC)(CNC(=O)N1CCC(C(=O)O)CC1C)SC. The van der Waals surface area contributed by atoms with E-state index < -0.39 is 5.97 Å². The van der Waals surface area contributed by atoms with E-state index in [0.29, 0.717) is 25.9 Å². The first kappa shape index (κ1) is 18.1. The summed E-state index contributed by atoms with van der Waals surface area (Å²) in [6.45, 7) is 7.40. The van der Waals surface area contributed by atoms with Crippen molar-refractivity contribution in [2.45, 2.75) is 57.2 Å². The zero-order chi connectivity index (χ0) is 16.0. The van der Waals surface area contributed by atoms with Crippen LogP contribution in [0, 0.1) is 5.92 Å². The van der Waals surface area contributed by atoms with E-state index in [9.17, 15) is 9.59 Å². The molecule has 1 aliphatic heterocycles. The van der Waals surface area contributed by atoms with E-state index in [1.54, 1.807) is 16.7 Å². The third-order valence-corrected chi connectivity index (χ3v) is 6.36. The molecule has 1 aliphatic rings. The molecule has 2 amide bonds. The summed E-state index contributed by atoms with van der Waals surface area (Å²) in [5, 5.41) is 12.1. The molecule has 0 spiro atoms. The molecule has 0 aromatic heterocycles. The van der Waals surface area contributed by atoms with Crippen LogP contribution in [-0.4, -0.2) is 52.1 Å². The van der Waals surface area contributed by atoms with Crippen LogP contribution in [0.2, 0.25) is 0 Å². The van der Waals surface area contributed by atoms with Gasteiger partial charge in [-0.3, -0.25) is 4.79 Å². The Morgan fingerprint density at radius 3 is 2.43 bits per heavy atom. The van der Waals surface area contributed by atoms with Crippen molar-refractivity contribution in [1.82, 2.24) is 10.2 Å². The Morgan fingerprint density at radius 2 is 2.00 bits per heavy atom. The van der Waals surface area contributed by atoms with Crippen molar-refractivity contribution >= 4 is 23.8 Å². The minimum absolute atomic E-state index is 0.0215. The smallest absolute Gasteiger partial charge is 0.317 e. The van der Waals surface area contributed by atoms with Crippen LogP contribution in [0.15, 0.2) is 0 Å². The molecule has 0 aliphatic carbocycles. The summed E-state index contributed by atoms with van der Waals surface area (Å²) in [6.07, 6.45) is 5.20. The van der Waals surface area contributed by atoms with Gasteiger partial charge in [0.05, 0.1) is 5.92 Å². The molecule has 2 atom stereocenters. The minimum atomic E-state index is -0.750. The number of carboxylic acid groups (broad SMARTS) is 1. The van der Waals surface area contributed by atoms with Gasteiger partial charge in [-0.05, 0) is 38.9 Å². The lowest BCUT2D eigenvalue weighted by atomic mass is 9.92. The fourth-order valence-corrected chi connectivity index (χ4v) is 3.69. The number of likely N-dealkylation sites (tertiary alicyclic amines) is 1. The Bertz CT molecular complexity index is 364. The van der Waals surface area contributed by atoms with Crippen LogP contribution in [-0.2, 0) is 4.79 Å². The third kappa shape index (κ3) is 4.53. The van der Waals surface area contributed by atoms with Gasteiger partial charge < -0.3 is 15.3 Å². The van der Waals surface area contributed by atoms with Gasteiger partial charge in [-0.15, -0.1) is 0 Å². The molecule has 1 fully saturated rings. The summed E-state index contributed by atoms with van der Waals surface area (Å²) in [4.78, 5) is 25.1. The second kappa shape index (κ2) is 7.92. The molecule has 1 heterocycles. The molecule has 0 aromatic carbocycles. The van der Waals surface area contributed by atoms with Gasteiger partial charge in [-0.1, -0.05) is 13.8 Å². The highest BCUT2D eigenvalue weighted by Gasteiger charge is 2.33. The molecular formula is C15H28N2O3S. The number of nitrogens with zero attached hydrogens (tertiary/aromatic N) is 1. The summed E-state index contributed by atoms with van der Waals surface area (Å²) in [5.74, 6) is -1.07. The molecule has 0 bridgehead atoms. The predicted octanol–water partition coefficient (Wildman–Crippen LogP) is 2.80. The maximum absolute atomic E-state index is 12.3. The number of aliphatic carboxylic acids is 1. The van der Waals surface area contributed by atoms with Gasteiger partial charge in [0.15, 0.2) is 0 Å². The third-order valence-electron chi connectivity index (χ3n) is 4.77. The van der Waals surface area contributed by atoms with E-state index in [0.717, 1.165) is 12.8 Å².